The van der Waals surface area contributed by atoms with Gasteiger partial charge in [0.2, 0.25) is 11.8 Å². The van der Waals surface area contributed by atoms with Gasteiger partial charge in [-0.25, -0.2) is 4.39 Å². The van der Waals surface area contributed by atoms with Crippen molar-refractivity contribution in [1.29, 1.82) is 0 Å². The number of halogens is 2. The maximum absolute atomic E-state index is 14.1. The number of nitrogens with zero attached hydrogens (tertiary/aromatic N) is 1. The van der Waals surface area contributed by atoms with Gasteiger partial charge in [-0.3, -0.25) is 14.5 Å². The van der Waals surface area contributed by atoms with Crippen LogP contribution in [0.4, 0.5) is 4.39 Å². The van der Waals surface area contributed by atoms with Crippen molar-refractivity contribution >= 4 is 23.4 Å². The second kappa shape index (κ2) is 9.71. The zero-order chi connectivity index (χ0) is 20.8. The molecule has 0 aromatic heterocycles. The molecule has 0 saturated carbocycles. The molecule has 154 valence electrons. The van der Waals surface area contributed by atoms with Crippen LogP contribution in [0, 0.1) is 5.82 Å². The molecule has 2 aromatic carbocycles. The number of carbonyl (C=O) groups excluding carboxylic acids is 2. The Morgan fingerprint density at radius 3 is 2.76 bits per heavy atom. The molecule has 1 fully saturated rings. The van der Waals surface area contributed by atoms with E-state index < -0.39 is 11.9 Å². The molecule has 1 saturated heterocycles. The zero-order valence-corrected chi connectivity index (χ0v) is 16.6. The van der Waals surface area contributed by atoms with Gasteiger partial charge in [-0.2, -0.15) is 0 Å². The van der Waals surface area contributed by atoms with Crippen molar-refractivity contribution in [3.05, 3.63) is 64.4 Å². The van der Waals surface area contributed by atoms with Gasteiger partial charge in [0, 0.05) is 36.8 Å². The summed E-state index contributed by atoms with van der Waals surface area (Å²) in [6.45, 7) is 1.51. The molecule has 2 aromatic rings. The summed E-state index contributed by atoms with van der Waals surface area (Å²) in [7, 11) is 0. The molecular weight excluding hydrogens is 397 g/mol. The van der Waals surface area contributed by atoms with Gasteiger partial charge < -0.3 is 15.7 Å². The fourth-order valence-electron chi connectivity index (χ4n) is 3.32. The number of hydrogen-bond acceptors (Lipinski definition) is 4. The minimum absolute atomic E-state index is 0.0204. The van der Waals surface area contributed by atoms with E-state index in [1.54, 1.807) is 35.2 Å². The lowest BCUT2D eigenvalue weighted by Crippen LogP contribution is -2.56. The lowest BCUT2D eigenvalue weighted by atomic mass is 10.1. The summed E-state index contributed by atoms with van der Waals surface area (Å²) in [5.74, 6) is -0.746. The van der Waals surface area contributed by atoms with Crippen molar-refractivity contribution in [2.24, 2.45) is 0 Å². The molecular formula is C21H23ClFN3O3. The van der Waals surface area contributed by atoms with Crippen LogP contribution in [0.5, 0.6) is 5.75 Å². The third kappa shape index (κ3) is 5.68. The Morgan fingerprint density at radius 2 is 2.03 bits per heavy atom. The minimum atomic E-state index is -0.687. The monoisotopic (exact) mass is 419 g/mol. The molecule has 0 spiro atoms. The van der Waals surface area contributed by atoms with Gasteiger partial charge in [-0.1, -0.05) is 29.8 Å². The van der Waals surface area contributed by atoms with Crippen LogP contribution >= 0.6 is 11.6 Å². The number of phenols is 1. The van der Waals surface area contributed by atoms with Crippen molar-refractivity contribution in [3.8, 4) is 5.75 Å². The Hall–Kier alpha value is -2.64. The number of aromatic hydroxyl groups is 1. The van der Waals surface area contributed by atoms with E-state index >= 15 is 0 Å². The molecule has 1 aliphatic rings. The largest absolute Gasteiger partial charge is 0.508 e. The normalized spacial score (nSPS) is 17.0. The number of nitrogens with one attached hydrogen (secondary N) is 2. The van der Waals surface area contributed by atoms with E-state index in [9.17, 15) is 19.1 Å². The summed E-state index contributed by atoms with van der Waals surface area (Å²) in [5, 5.41) is 15.2. The van der Waals surface area contributed by atoms with Crippen LogP contribution in [0.25, 0.3) is 0 Å². The first-order valence-corrected chi connectivity index (χ1v) is 9.81. The molecule has 0 bridgehead atoms. The van der Waals surface area contributed by atoms with E-state index in [0.717, 1.165) is 5.56 Å². The van der Waals surface area contributed by atoms with Crippen LogP contribution in [0.3, 0.4) is 0 Å². The Labute approximate surface area is 173 Å². The molecule has 6 nitrogen and oxygen atoms in total. The van der Waals surface area contributed by atoms with E-state index in [1.807, 2.05) is 0 Å². The summed E-state index contributed by atoms with van der Waals surface area (Å²) in [6, 6.07) is 10.5. The first kappa shape index (κ1) is 21.1. The maximum atomic E-state index is 14.1. The molecule has 0 aliphatic carbocycles. The summed E-state index contributed by atoms with van der Waals surface area (Å²) in [5.41, 5.74) is 1.30. The average Bonchev–Trinajstić information content (AvgIpc) is 2.69. The summed E-state index contributed by atoms with van der Waals surface area (Å²) in [4.78, 5) is 26.5. The molecule has 1 heterocycles. The predicted octanol–water partition coefficient (Wildman–Crippen LogP) is 2.23. The Bertz CT molecular complexity index is 856. The number of piperazine rings is 1. The number of benzene rings is 2. The summed E-state index contributed by atoms with van der Waals surface area (Å²) in [6.07, 6.45) is 0.588. The lowest BCUT2D eigenvalue weighted by Gasteiger charge is -2.35. The highest BCUT2D eigenvalue weighted by Crippen LogP contribution is 2.23. The molecule has 3 N–H and O–H groups in total. The SMILES string of the molecule is O=C(C[C@H]1C(=O)NCCN1Cc1c(F)cccc1Cl)NCCc1ccc(O)cc1. The smallest absolute Gasteiger partial charge is 0.237 e. The van der Waals surface area contributed by atoms with Gasteiger partial charge in [0.15, 0.2) is 0 Å². The maximum Gasteiger partial charge on any atom is 0.237 e. The molecule has 0 radical (unpaired) electrons. The molecule has 2 amide bonds. The van der Waals surface area contributed by atoms with E-state index in [1.165, 1.54) is 12.1 Å². The highest BCUT2D eigenvalue weighted by atomic mass is 35.5. The van der Waals surface area contributed by atoms with Gasteiger partial charge in [0.25, 0.3) is 0 Å². The van der Waals surface area contributed by atoms with Crippen molar-refractivity contribution in [2.45, 2.75) is 25.4 Å². The number of rotatable bonds is 7. The topological polar surface area (TPSA) is 81.7 Å². The average molecular weight is 420 g/mol. The minimum Gasteiger partial charge on any atom is -0.508 e. The van der Waals surface area contributed by atoms with Crippen molar-refractivity contribution in [2.75, 3.05) is 19.6 Å². The Morgan fingerprint density at radius 1 is 1.28 bits per heavy atom. The summed E-state index contributed by atoms with van der Waals surface area (Å²) >= 11 is 6.11. The molecule has 1 aliphatic heterocycles. The highest BCUT2D eigenvalue weighted by molar-refractivity contribution is 6.31. The molecule has 3 rings (SSSR count). The van der Waals surface area contributed by atoms with Crippen molar-refractivity contribution in [1.82, 2.24) is 15.5 Å². The first-order chi connectivity index (χ1) is 13.9. The lowest BCUT2D eigenvalue weighted by molar-refractivity contribution is -0.134. The van der Waals surface area contributed by atoms with Crippen molar-refractivity contribution < 1.29 is 19.1 Å². The van der Waals surface area contributed by atoms with Crippen LogP contribution in [0.2, 0.25) is 5.02 Å². The van der Waals surface area contributed by atoms with Crippen LogP contribution < -0.4 is 10.6 Å². The van der Waals surface area contributed by atoms with E-state index in [-0.39, 0.29) is 30.5 Å². The summed E-state index contributed by atoms with van der Waals surface area (Å²) < 4.78 is 14.1. The molecule has 0 unspecified atom stereocenters. The number of hydrogen-bond donors (Lipinski definition) is 3. The van der Waals surface area contributed by atoms with Crippen molar-refractivity contribution in [3.63, 3.8) is 0 Å². The van der Waals surface area contributed by atoms with Gasteiger partial charge in [0.1, 0.15) is 11.6 Å². The van der Waals surface area contributed by atoms with Crippen LogP contribution in [0.1, 0.15) is 17.5 Å². The highest BCUT2D eigenvalue weighted by Gasteiger charge is 2.32. The van der Waals surface area contributed by atoms with E-state index in [4.69, 9.17) is 11.6 Å². The van der Waals surface area contributed by atoms with Crippen LogP contribution in [-0.4, -0.2) is 47.5 Å². The van der Waals surface area contributed by atoms with Crippen LogP contribution in [-0.2, 0) is 22.6 Å². The first-order valence-electron chi connectivity index (χ1n) is 9.43. The second-order valence-electron chi connectivity index (χ2n) is 6.95. The molecule has 8 heteroatoms. The number of phenolic OH excluding ortho intramolecular Hbond substituents is 1. The standard InChI is InChI=1S/C21H23ClFN3O3/c22-17-2-1-3-18(23)16(17)13-26-11-10-25-21(29)19(26)12-20(28)24-9-8-14-4-6-15(27)7-5-14/h1-7,19,27H,8-13H2,(H,24,28)(H,25,29)/t19-/m0/s1. The van der Waals surface area contributed by atoms with Crippen LogP contribution in [0.15, 0.2) is 42.5 Å². The Kier molecular flexibility index (Phi) is 7.06. The third-order valence-electron chi connectivity index (χ3n) is 4.92. The van der Waals surface area contributed by atoms with E-state index in [0.29, 0.717) is 36.6 Å². The Balaban J connectivity index is 1.58. The van der Waals surface area contributed by atoms with E-state index in [2.05, 4.69) is 10.6 Å². The fraction of sp³-hybridized carbons (Fsp3) is 0.333. The third-order valence-corrected chi connectivity index (χ3v) is 5.27. The van der Waals surface area contributed by atoms with Gasteiger partial charge in [-0.15, -0.1) is 0 Å². The molecule has 1 atom stereocenters. The van der Waals surface area contributed by atoms with Gasteiger partial charge in [0.05, 0.1) is 12.5 Å². The zero-order valence-electron chi connectivity index (χ0n) is 15.8. The fourth-order valence-corrected chi connectivity index (χ4v) is 3.54. The van der Waals surface area contributed by atoms with Gasteiger partial charge >= 0.3 is 0 Å². The number of amides is 2. The number of carbonyl (C=O) groups is 2. The predicted molar refractivity (Wildman–Crippen MR) is 108 cm³/mol. The molecule has 29 heavy (non-hydrogen) atoms. The quantitative estimate of drug-likeness (QED) is 0.643. The van der Waals surface area contributed by atoms with Gasteiger partial charge in [-0.05, 0) is 36.2 Å². The second-order valence-corrected chi connectivity index (χ2v) is 7.36.